The summed E-state index contributed by atoms with van der Waals surface area (Å²) in [6.07, 6.45) is 1.00. The van der Waals surface area contributed by atoms with Crippen molar-refractivity contribution in [2.24, 2.45) is 11.8 Å². The summed E-state index contributed by atoms with van der Waals surface area (Å²) in [5.74, 6) is 0.336. The number of aryl methyl sites for hydroxylation is 2. The molecule has 0 aliphatic carbocycles. The second-order valence-corrected chi connectivity index (χ2v) is 10.9. The molecule has 0 spiro atoms. The first-order valence-corrected chi connectivity index (χ1v) is 12.4. The maximum Gasteiger partial charge on any atom is 0.322 e. The molecule has 4 rings (SSSR count). The third-order valence-electron chi connectivity index (χ3n) is 5.85. The third kappa shape index (κ3) is 4.99. The van der Waals surface area contributed by atoms with Crippen molar-refractivity contribution in [3.05, 3.63) is 59.2 Å². The number of piperidine rings is 1. The van der Waals surface area contributed by atoms with E-state index in [1.165, 1.54) is 10.4 Å². The van der Waals surface area contributed by atoms with Crippen LogP contribution in [-0.4, -0.2) is 41.9 Å². The summed E-state index contributed by atoms with van der Waals surface area (Å²) in [5, 5.41) is 10.4. The van der Waals surface area contributed by atoms with Crippen LogP contribution in [-0.2, 0) is 10.0 Å². The predicted molar refractivity (Wildman–Crippen MR) is 125 cm³/mol. The first kappa shape index (κ1) is 23.1. The Balaban J connectivity index is 1.55. The van der Waals surface area contributed by atoms with E-state index in [0.29, 0.717) is 18.7 Å². The highest BCUT2D eigenvalue weighted by molar-refractivity contribution is 7.89. The van der Waals surface area contributed by atoms with Crippen molar-refractivity contribution in [3.8, 4) is 11.5 Å². The van der Waals surface area contributed by atoms with Gasteiger partial charge in [0.1, 0.15) is 0 Å². The Kier molecular flexibility index (Phi) is 6.36. The first-order valence-electron chi connectivity index (χ1n) is 11.0. The molecule has 0 saturated carbocycles. The van der Waals surface area contributed by atoms with E-state index in [4.69, 9.17) is 4.42 Å². The van der Waals surface area contributed by atoms with E-state index >= 15 is 0 Å². The van der Waals surface area contributed by atoms with E-state index in [9.17, 15) is 13.2 Å². The largest absolute Gasteiger partial charge is 0.403 e. The summed E-state index contributed by atoms with van der Waals surface area (Å²) < 4.78 is 33.8. The molecular formula is C24H28N4O4S. The van der Waals surface area contributed by atoms with Gasteiger partial charge in [-0.25, -0.2) is 8.42 Å². The number of carbonyl (C=O) groups excluding carboxylic acids is 1. The highest BCUT2D eigenvalue weighted by atomic mass is 32.2. The molecule has 1 aliphatic rings. The second-order valence-electron chi connectivity index (χ2n) is 8.98. The topological polar surface area (TPSA) is 105 Å². The summed E-state index contributed by atoms with van der Waals surface area (Å²) >= 11 is 0. The predicted octanol–water partition coefficient (Wildman–Crippen LogP) is 4.27. The van der Waals surface area contributed by atoms with Gasteiger partial charge in [-0.15, -0.1) is 5.10 Å². The van der Waals surface area contributed by atoms with Gasteiger partial charge in [0.05, 0.1) is 4.90 Å². The standard InChI is InChI=1S/C24H28N4O4S/c1-15-5-8-19(9-6-15)23-26-27-24(32-23)25-22(29)20-10-7-18(4)21(12-20)33(30,31)28-13-16(2)11-17(3)14-28/h5-10,12,16-17H,11,13-14H2,1-4H3,(H,25,27,29)/t16-,17+. The highest BCUT2D eigenvalue weighted by Crippen LogP contribution is 2.29. The lowest BCUT2D eigenvalue weighted by Crippen LogP contribution is -2.42. The number of sulfonamides is 1. The van der Waals surface area contributed by atoms with Crippen molar-refractivity contribution in [1.29, 1.82) is 0 Å². The smallest absolute Gasteiger partial charge is 0.322 e. The Morgan fingerprint density at radius 3 is 2.36 bits per heavy atom. The molecule has 33 heavy (non-hydrogen) atoms. The monoisotopic (exact) mass is 468 g/mol. The van der Waals surface area contributed by atoms with Crippen molar-refractivity contribution < 1.29 is 17.6 Å². The third-order valence-corrected chi connectivity index (χ3v) is 7.82. The van der Waals surface area contributed by atoms with Crippen LogP contribution in [0.15, 0.2) is 51.8 Å². The number of nitrogens with one attached hydrogen (secondary N) is 1. The molecule has 8 nitrogen and oxygen atoms in total. The zero-order valence-corrected chi connectivity index (χ0v) is 20.0. The molecule has 1 aliphatic heterocycles. The van der Waals surface area contributed by atoms with Crippen LogP contribution in [0.3, 0.4) is 0 Å². The molecule has 174 valence electrons. The maximum absolute atomic E-state index is 13.4. The van der Waals surface area contributed by atoms with Crippen LogP contribution in [0.2, 0.25) is 0 Å². The lowest BCUT2D eigenvalue weighted by Gasteiger charge is -2.34. The van der Waals surface area contributed by atoms with Crippen molar-refractivity contribution in [2.75, 3.05) is 18.4 Å². The van der Waals surface area contributed by atoms with E-state index in [1.807, 2.05) is 31.2 Å². The Morgan fingerprint density at radius 1 is 1.03 bits per heavy atom. The van der Waals surface area contributed by atoms with E-state index in [1.54, 1.807) is 19.1 Å². The van der Waals surface area contributed by atoms with E-state index in [-0.39, 0.29) is 34.2 Å². The molecule has 9 heteroatoms. The first-order chi connectivity index (χ1) is 15.6. The van der Waals surface area contributed by atoms with Gasteiger partial charge in [0.25, 0.3) is 5.91 Å². The van der Waals surface area contributed by atoms with Gasteiger partial charge in [0.15, 0.2) is 0 Å². The lowest BCUT2D eigenvalue weighted by atomic mass is 9.94. The van der Waals surface area contributed by atoms with Gasteiger partial charge < -0.3 is 4.42 Å². The number of hydrogen-bond donors (Lipinski definition) is 1. The molecule has 1 N–H and O–H groups in total. The van der Waals surface area contributed by atoms with Gasteiger partial charge in [-0.1, -0.05) is 42.7 Å². The minimum absolute atomic E-state index is 0.0563. The average Bonchev–Trinajstić information content (AvgIpc) is 3.22. The molecule has 2 heterocycles. The Morgan fingerprint density at radius 2 is 1.70 bits per heavy atom. The zero-order chi connectivity index (χ0) is 23.8. The summed E-state index contributed by atoms with van der Waals surface area (Å²) in [7, 11) is -3.72. The summed E-state index contributed by atoms with van der Waals surface area (Å²) in [6.45, 7) is 8.79. The van der Waals surface area contributed by atoms with Gasteiger partial charge >= 0.3 is 6.01 Å². The maximum atomic E-state index is 13.4. The van der Waals surface area contributed by atoms with Crippen molar-refractivity contribution >= 4 is 21.9 Å². The van der Waals surface area contributed by atoms with Gasteiger partial charge in [0.2, 0.25) is 15.9 Å². The average molecular weight is 469 g/mol. The molecule has 1 fully saturated rings. The molecular weight excluding hydrogens is 440 g/mol. The zero-order valence-electron chi connectivity index (χ0n) is 19.2. The highest BCUT2D eigenvalue weighted by Gasteiger charge is 2.33. The number of rotatable bonds is 5. The molecule has 1 saturated heterocycles. The summed E-state index contributed by atoms with van der Waals surface area (Å²) in [5.41, 5.74) is 2.64. The molecule has 0 bridgehead atoms. The van der Waals surface area contributed by atoms with Crippen LogP contribution < -0.4 is 5.32 Å². The second kappa shape index (κ2) is 9.07. The van der Waals surface area contributed by atoms with Crippen molar-refractivity contribution in [3.63, 3.8) is 0 Å². The number of carbonyl (C=O) groups is 1. The van der Waals surface area contributed by atoms with Crippen LogP contribution in [0, 0.1) is 25.7 Å². The van der Waals surface area contributed by atoms with Gasteiger partial charge in [-0.05, 0) is 61.9 Å². The normalized spacial score (nSPS) is 19.4. The fraction of sp³-hybridized carbons (Fsp3) is 0.375. The summed E-state index contributed by atoms with van der Waals surface area (Å²) in [4.78, 5) is 13.0. The molecule has 0 radical (unpaired) electrons. The molecule has 1 amide bonds. The van der Waals surface area contributed by atoms with Crippen LogP contribution in [0.25, 0.3) is 11.5 Å². The Hall–Kier alpha value is -3.04. The van der Waals surface area contributed by atoms with Gasteiger partial charge in [0, 0.05) is 24.2 Å². The lowest BCUT2D eigenvalue weighted by molar-refractivity contribution is 0.102. The number of hydrogen-bond acceptors (Lipinski definition) is 6. The molecule has 1 aromatic heterocycles. The number of amides is 1. The van der Waals surface area contributed by atoms with E-state index < -0.39 is 15.9 Å². The molecule has 2 atom stereocenters. The van der Waals surface area contributed by atoms with Crippen molar-refractivity contribution in [1.82, 2.24) is 14.5 Å². The van der Waals surface area contributed by atoms with E-state index in [2.05, 4.69) is 29.4 Å². The van der Waals surface area contributed by atoms with Crippen LogP contribution in [0.1, 0.15) is 41.8 Å². The number of aromatic nitrogens is 2. The van der Waals surface area contributed by atoms with Crippen molar-refractivity contribution in [2.45, 2.75) is 39.0 Å². The SMILES string of the molecule is Cc1ccc(-c2nnc(NC(=O)c3ccc(C)c(S(=O)(=O)N4C[C@H](C)C[C@H](C)C4)c3)o2)cc1. The molecule has 0 unspecified atom stereocenters. The van der Waals surface area contributed by atoms with Gasteiger partial charge in [-0.2, -0.15) is 4.31 Å². The Bertz CT molecular complexity index is 1260. The minimum atomic E-state index is -3.72. The van der Waals surface area contributed by atoms with Crippen LogP contribution >= 0.6 is 0 Å². The molecule has 3 aromatic rings. The number of nitrogens with zero attached hydrogens (tertiary/aromatic N) is 3. The fourth-order valence-electron chi connectivity index (χ4n) is 4.22. The van der Waals surface area contributed by atoms with Crippen LogP contribution in [0.5, 0.6) is 0 Å². The van der Waals surface area contributed by atoms with Gasteiger partial charge in [-0.3, -0.25) is 10.1 Å². The fourth-order valence-corrected chi connectivity index (χ4v) is 6.15. The molecule has 2 aromatic carbocycles. The minimum Gasteiger partial charge on any atom is -0.403 e. The number of anilines is 1. The summed E-state index contributed by atoms with van der Waals surface area (Å²) in [6, 6.07) is 12.2. The van der Waals surface area contributed by atoms with Crippen LogP contribution in [0.4, 0.5) is 6.01 Å². The van der Waals surface area contributed by atoms with E-state index in [0.717, 1.165) is 17.5 Å². The number of benzene rings is 2. The Labute approximate surface area is 194 Å². The quantitative estimate of drug-likeness (QED) is 0.599.